The second-order valence-corrected chi connectivity index (χ2v) is 6.06. The Morgan fingerprint density at radius 2 is 1.92 bits per heavy atom. The quantitative estimate of drug-likeness (QED) is 0.789. The first-order valence-corrected chi connectivity index (χ1v) is 8.37. The van der Waals surface area contributed by atoms with Crippen LogP contribution >= 0.6 is 0 Å². The van der Waals surface area contributed by atoms with E-state index in [4.69, 9.17) is 9.15 Å². The lowest BCUT2D eigenvalue weighted by atomic mass is 10.0. The van der Waals surface area contributed by atoms with Gasteiger partial charge in [-0.3, -0.25) is 9.59 Å². The molecule has 0 unspecified atom stereocenters. The molecule has 130 valence electrons. The Morgan fingerprint density at radius 1 is 1.21 bits per heavy atom. The van der Waals surface area contributed by atoms with Gasteiger partial charge in [0.2, 0.25) is 0 Å². The molecule has 5 nitrogen and oxygen atoms in total. The van der Waals surface area contributed by atoms with Crippen LogP contribution in [0.25, 0.3) is 11.0 Å². The molecule has 1 aromatic heterocycles. The molecule has 2 rings (SSSR count). The van der Waals surface area contributed by atoms with Gasteiger partial charge < -0.3 is 14.5 Å². The lowest BCUT2D eigenvalue weighted by Gasteiger charge is -2.14. The van der Waals surface area contributed by atoms with Crippen molar-refractivity contribution in [3.63, 3.8) is 0 Å². The summed E-state index contributed by atoms with van der Waals surface area (Å²) < 4.78 is 10.7. The Bertz CT molecular complexity index is 728. The van der Waals surface area contributed by atoms with E-state index in [1.165, 1.54) is 0 Å². The van der Waals surface area contributed by atoms with E-state index in [0.29, 0.717) is 0 Å². The summed E-state index contributed by atoms with van der Waals surface area (Å²) in [6.07, 6.45) is 3.39. The van der Waals surface area contributed by atoms with Crippen LogP contribution in [0.5, 0.6) is 0 Å². The molecule has 0 aliphatic rings. The third kappa shape index (κ3) is 4.16. The number of amides is 1. The van der Waals surface area contributed by atoms with Gasteiger partial charge in [0.05, 0.1) is 12.7 Å². The van der Waals surface area contributed by atoms with Crippen LogP contribution in [-0.4, -0.2) is 24.5 Å². The van der Waals surface area contributed by atoms with Gasteiger partial charge in [-0.25, -0.2) is 0 Å². The van der Waals surface area contributed by atoms with Gasteiger partial charge in [0.1, 0.15) is 5.58 Å². The number of hydrogen-bond donors (Lipinski definition) is 1. The zero-order valence-electron chi connectivity index (χ0n) is 14.8. The normalized spacial score (nSPS) is 11.0. The number of hydrogen-bond acceptors (Lipinski definition) is 4. The fraction of sp³-hybridized carbons (Fsp3) is 0.474. The molecule has 0 spiro atoms. The first-order valence-electron chi connectivity index (χ1n) is 8.37. The smallest absolute Gasteiger partial charge is 0.310 e. The van der Waals surface area contributed by atoms with Crippen LogP contribution in [-0.2, 0) is 20.7 Å². The summed E-state index contributed by atoms with van der Waals surface area (Å²) in [6.45, 7) is 7.78. The first-order chi connectivity index (χ1) is 11.5. The molecule has 0 saturated carbocycles. The van der Waals surface area contributed by atoms with Crippen LogP contribution in [0.2, 0.25) is 0 Å². The molecule has 2 aromatic rings. The Kier molecular flexibility index (Phi) is 6.01. The molecule has 24 heavy (non-hydrogen) atoms. The highest BCUT2D eigenvalue weighted by Gasteiger charge is 2.15. The molecule has 1 aromatic carbocycles. The summed E-state index contributed by atoms with van der Waals surface area (Å²) in [5.41, 5.74) is 3.78. The fourth-order valence-electron chi connectivity index (χ4n) is 2.64. The molecule has 0 bridgehead atoms. The predicted molar refractivity (Wildman–Crippen MR) is 92.9 cm³/mol. The van der Waals surface area contributed by atoms with Crippen molar-refractivity contribution in [2.75, 3.05) is 6.61 Å². The van der Waals surface area contributed by atoms with E-state index >= 15 is 0 Å². The molecule has 0 fully saturated rings. The maximum atomic E-state index is 12.0. The minimum Gasteiger partial charge on any atom is -0.464 e. The van der Waals surface area contributed by atoms with Gasteiger partial charge in [-0.1, -0.05) is 26.0 Å². The minimum atomic E-state index is -0.435. The van der Waals surface area contributed by atoms with Crippen LogP contribution in [0.1, 0.15) is 43.4 Å². The van der Waals surface area contributed by atoms with Crippen molar-refractivity contribution >= 4 is 22.8 Å². The van der Waals surface area contributed by atoms with E-state index in [1.807, 2.05) is 39.8 Å². The van der Waals surface area contributed by atoms with Crippen molar-refractivity contribution in [3.8, 4) is 0 Å². The largest absolute Gasteiger partial charge is 0.464 e. The maximum absolute atomic E-state index is 12.0. The molecule has 0 aliphatic heterocycles. The highest BCUT2D eigenvalue weighted by Crippen LogP contribution is 2.26. The van der Waals surface area contributed by atoms with Crippen LogP contribution in [0.15, 0.2) is 22.8 Å². The van der Waals surface area contributed by atoms with Gasteiger partial charge in [-0.05, 0) is 37.8 Å². The number of ether oxygens (including phenoxy) is 1. The van der Waals surface area contributed by atoms with E-state index in [-0.39, 0.29) is 25.0 Å². The highest BCUT2D eigenvalue weighted by atomic mass is 16.5. The summed E-state index contributed by atoms with van der Waals surface area (Å²) in [5.74, 6) is -0.698. The third-order valence-electron chi connectivity index (χ3n) is 4.39. The van der Waals surface area contributed by atoms with Crippen molar-refractivity contribution in [1.29, 1.82) is 0 Å². The number of furan rings is 1. The standard InChI is InChI=1S/C19H25NO4/c1-5-15(6-2)20-17(21)11-23-18(22)9-14-10-24-19-13(4)12(3)7-8-16(14)19/h7-8,10,15H,5-6,9,11H2,1-4H3,(H,20,21). The van der Waals surface area contributed by atoms with Crippen LogP contribution < -0.4 is 5.32 Å². The zero-order chi connectivity index (χ0) is 17.7. The Morgan fingerprint density at radius 3 is 2.58 bits per heavy atom. The third-order valence-corrected chi connectivity index (χ3v) is 4.39. The van der Waals surface area contributed by atoms with E-state index < -0.39 is 5.97 Å². The molecule has 0 saturated heterocycles. The van der Waals surface area contributed by atoms with Gasteiger partial charge in [-0.15, -0.1) is 0 Å². The van der Waals surface area contributed by atoms with Gasteiger partial charge in [0.15, 0.2) is 6.61 Å². The molecular weight excluding hydrogens is 306 g/mol. The van der Waals surface area contributed by atoms with Gasteiger partial charge in [-0.2, -0.15) is 0 Å². The average molecular weight is 331 g/mol. The lowest BCUT2D eigenvalue weighted by molar-refractivity contribution is -0.148. The Balaban J connectivity index is 1.94. The molecular formula is C19H25NO4. The van der Waals surface area contributed by atoms with Gasteiger partial charge >= 0.3 is 5.97 Å². The van der Waals surface area contributed by atoms with Crippen LogP contribution in [0.4, 0.5) is 0 Å². The zero-order valence-corrected chi connectivity index (χ0v) is 14.8. The van der Waals surface area contributed by atoms with Gasteiger partial charge in [0, 0.05) is 17.0 Å². The number of aryl methyl sites for hydroxylation is 2. The van der Waals surface area contributed by atoms with E-state index in [0.717, 1.165) is 40.5 Å². The topological polar surface area (TPSA) is 68.5 Å². The number of carbonyl (C=O) groups excluding carboxylic acids is 2. The second kappa shape index (κ2) is 7.99. The van der Waals surface area contributed by atoms with Crippen molar-refractivity contribution in [1.82, 2.24) is 5.32 Å². The Hall–Kier alpha value is -2.30. The molecule has 0 radical (unpaired) electrons. The first kappa shape index (κ1) is 18.0. The molecule has 0 aliphatic carbocycles. The van der Waals surface area contributed by atoms with E-state index in [1.54, 1.807) is 6.26 Å². The molecule has 5 heteroatoms. The second-order valence-electron chi connectivity index (χ2n) is 6.06. The average Bonchev–Trinajstić information content (AvgIpc) is 2.97. The number of esters is 1. The number of rotatable bonds is 7. The molecule has 1 amide bonds. The monoisotopic (exact) mass is 331 g/mol. The van der Waals surface area contributed by atoms with Crippen molar-refractivity contribution in [2.24, 2.45) is 0 Å². The minimum absolute atomic E-state index is 0.0910. The summed E-state index contributed by atoms with van der Waals surface area (Å²) in [6, 6.07) is 4.08. The summed E-state index contributed by atoms with van der Waals surface area (Å²) >= 11 is 0. The van der Waals surface area contributed by atoms with Crippen molar-refractivity contribution < 1.29 is 18.7 Å². The SMILES string of the molecule is CCC(CC)NC(=O)COC(=O)Cc1coc2c(C)c(C)ccc12. The number of nitrogens with one attached hydrogen (secondary N) is 1. The van der Waals surface area contributed by atoms with Crippen LogP contribution in [0, 0.1) is 13.8 Å². The number of carbonyl (C=O) groups is 2. The fourth-order valence-corrected chi connectivity index (χ4v) is 2.64. The number of benzene rings is 1. The lowest BCUT2D eigenvalue weighted by Crippen LogP contribution is -2.37. The number of fused-ring (bicyclic) bond motifs is 1. The molecule has 1 N–H and O–H groups in total. The molecule has 0 atom stereocenters. The summed E-state index contributed by atoms with van der Waals surface area (Å²) in [4.78, 5) is 23.8. The Labute approximate surface area is 142 Å². The summed E-state index contributed by atoms with van der Waals surface area (Å²) in [7, 11) is 0. The van der Waals surface area contributed by atoms with Gasteiger partial charge in [0.25, 0.3) is 5.91 Å². The predicted octanol–water partition coefficient (Wildman–Crippen LogP) is 3.44. The summed E-state index contributed by atoms with van der Waals surface area (Å²) in [5, 5.41) is 3.75. The molecule has 1 heterocycles. The van der Waals surface area contributed by atoms with Crippen molar-refractivity contribution in [2.45, 2.75) is 53.0 Å². The van der Waals surface area contributed by atoms with Crippen molar-refractivity contribution in [3.05, 3.63) is 35.1 Å². The van der Waals surface area contributed by atoms with E-state index in [2.05, 4.69) is 5.32 Å². The van der Waals surface area contributed by atoms with Crippen LogP contribution in [0.3, 0.4) is 0 Å². The van der Waals surface area contributed by atoms with E-state index in [9.17, 15) is 9.59 Å². The highest BCUT2D eigenvalue weighted by molar-refractivity contribution is 5.89. The maximum Gasteiger partial charge on any atom is 0.310 e.